The molecular formula is C9H20N6O. The van der Waals surface area contributed by atoms with Gasteiger partial charge in [-0.05, 0) is 13.5 Å². The van der Waals surface area contributed by atoms with E-state index in [4.69, 9.17) is 21.9 Å². The van der Waals surface area contributed by atoms with Gasteiger partial charge in [-0.25, -0.2) is 4.99 Å². The second-order valence-corrected chi connectivity index (χ2v) is 3.71. The predicted octanol–water partition coefficient (Wildman–Crippen LogP) is -1.67. The number of hydrogen-bond acceptors (Lipinski definition) is 7. The molecule has 0 aromatic rings. The van der Waals surface area contributed by atoms with Crippen molar-refractivity contribution < 1.29 is 4.74 Å². The number of guanidine groups is 1. The molecule has 1 rings (SSSR count). The molecule has 8 N–H and O–H groups in total. The number of nitrogens with two attached hydrogens (primary N) is 3. The lowest BCUT2D eigenvalue weighted by Gasteiger charge is -2.28. The molecule has 1 heterocycles. The monoisotopic (exact) mass is 228 g/mol. The first-order chi connectivity index (χ1) is 7.47. The molecule has 0 bridgehead atoms. The number of likely N-dealkylation sites (N-methyl/N-ethyl adjacent to an activating group) is 1. The smallest absolute Gasteiger partial charge is 0.217 e. The minimum absolute atomic E-state index is 0.206. The van der Waals surface area contributed by atoms with Crippen molar-refractivity contribution in [2.24, 2.45) is 22.2 Å². The molecule has 0 fully saturated rings. The van der Waals surface area contributed by atoms with Gasteiger partial charge in [-0.2, -0.15) is 0 Å². The maximum atomic E-state index is 5.85. The summed E-state index contributed by atoms with van der Waals surface area (Å²) >= 11 is 0. The second kappa shape index (κ2) is 5.04. The molecule has 1 aliphatic rings. The lowest BCUT2D eigenvalue weighted by Crippen LogP contribution is -2.51. The zero-order chi connectivity index (χ0) is 12.2. The van der Waals surface area contributed by atoms with E-state index in [1.54, 1.807) is 6.92 Å². The van der Waals surface area contributed by atoms with Gasteiger partial charge in [0, 0.05) is 6.54 Å². The van der Waals surface area contributed by atoms with Crippen molar-refractivity contribution in [1.82, 2.24) is 10.6 Å². The molecule has 1 atom stereocenters. The molecule has 1 unspecified atom stereocenters. The summed E-state index contributed by atoms with van der Waals surface area (Å²) in [4.78, 5) is 3.97. The Bertz CT molecular complexity index is 309. The van der Waals surface area contributed by atoms with Gasteiger partial charge in [-0.3, -0.25) is 5.32 Å². The summed E-state index contributed by atoms with van der Waals surface area (Å²) in [7, 11) is 0. The van der Waals surface area contributed by atoms with Crippen LogP contribution < -0.4 is 27.8 Å². The third-order valence-corrected chi connectivity index (χ3v) is 2.16. The van der Waals surface area contributed by atoms with Crippen LogP contribution in [0.15, 0.2) is 16.6 Å². The Morgan fingerprint density at radius 3 is 2.81 bits per heavy atom. The van der Waals surface area contributed by atoms with E-state index in [1.807, 2.05) is 6.92 Å². The van der Waals surface area contributed by atoms with Crippen LogP contribution in [0.25, 0.3) is 0 Å². The van der Waals surface area contributed by atoms with Crippen molar-refractivity contribution >= 4 is 5.96 Å². The predicted molar refractivity (Wildman–Crippen MR) is 63.1 cm³/mol. The van der Waals surface area contributed by atoms with Crippen molar-refractivity contribution in [2.75, 3.05) is 19.7 Å². The Morgan fingerprint density at radius 2 is 2.19 bits per heavy atom. The van der Waals surface area contributed by atoms with E-state index in [1.165, 1.54) is 0 Å². The number of nitrogens with one attached hydrogen (secondary N) is 2. The SMILES string of the molecule is CCNCCOC1=C(N)C(C)(N)N=C(N)N1. The van der Waals surface area contributed by atoms with Crippen molar-refractivity contribution in [3.8, 4) is 0 Å². The van der Waals surface area contributed by atoms with Gasteiger partial charge in [0.15, 0.2) is 11.6 Å². The fourth-order valence-corrected chi connectivity index (χ4v) is 1.27. The van der Waals surface area contributed by atoms with Crippen LogP contribution in [0.5, 0.6) is 0 Å². The third kappa shape index (κ3) is 3.01. The van der Waals surface area contributed by atoms with E-state index in [9.17, 15) is 0 Å². The van der Waals surface area contributed by atoms with Crippen molar-refractivity contribution in [3.05, 3.63) is 11.6 Å². The molecule has 0 saturated carbocycles. The highest BCUT2D eigenvalue weighted by Crippen LogP contribution is 2.16. The Balaban J connectivity index is 2.58. The summed E-state index contributed by atoms with van der Waals surface area (Å²) in [5.41, 5.74) is 16.6. The number of nitrogens with zero attached hydrogens (tertiary/aromatic N) is 1. The number of ether oxygens (including phenoxy) is 1. The lowest BCUT2D eigenvalue weighted by atomic mass is 10.1. The van der Waals surface area contributed by atoms with Crippen LogP contribution in [0.1, 0.15) is 13.8 Å². The molecule has 16 heavy (non-hydrogen) atoms. The number of hydrogen-bond donors (Lipinski definition) is 5. The van der Waals surface area contributed by atoms with E-state index in [2.05, 4.69) is 15.6 Å². The highest BCUT2D eigenvalue weighted by atomic mass is 16.5. The lowest BCUT2D eigenvalue weighted by molar-refractivity contribution is 0.190. The molecule has 0 aromatic carbocycles. The zero-order valence-electron chi connectivity index (χ0n) is 9.71. The molecular weight excluding hydrogens is 208 g/mol. The van der Waals surface area contributed by atoms with Gasteiger partial charge in [-0.15, -0.1) is 0 Å². The summed E-state index contributed by atoms with van der Waals surface area (Å²) in [5.74, 6) is 0.591. The van der Waals surface area contributed by atoms with E-state index < -0.39 is 5.66 Å². The van der Waals surface area contributed by atoms with E-state index in [-0.39, 0.29) is 5.96 Å². The van der Waals surface area contributed by atoms with Gasteiger partial charge < -0.3 is 27.3 Å². The van der Waals surface area contributed by atoms with Crippen molar-refractivity contribution in [3.63, 3.8) is 0 Å². The Morgan fingerprint density at radius 1 is 1.50 bits per heavy atom. The largest absolute Gasteiger partial charge is 0.476 e. The molecule has 0 radical (unpaired) electrons. The molecule has 0 aromatic heterocycles. The van der Waals surface area contributed by atoms with Gasteiger partial charge in [0.1, 0.15) is 12.3 Å². The van der Waals surface area contributed by atoms with E-state index in [0.29, 0.717) is 18.2 Å². The van der Waals surface area contributed by atoms with Crippen LogP contribution >= 0.6 is 0 Å². The minimum atomic E-state index is -1.01. The standard InChI is InChI=1S/C9H20N6O/c1-3-13-4-5-16-7-6(10)9(2,12)15-8(11)14-7/h13H,3-5,10,12H2,1-2H3,(H3,11,14,15). The summed E-state index contributed by atoms with van der Waals surface area (Å²) in [6.45, 7) is 5.80. The zero-order valence-corrected chi connectivity index (χ0v) is 9.71. The van der Waals surface area contributed by atoms with Gasteiger partial charge in [0.2, 0.25) is 5.88 Å². The Kier molecular flexibility index (Phi) is 3.97. The normalized spacial score (nSPS) is 25.1. The molecule has 0 spiro atoms. The van der Waals surface area contributed by atoms with Gasteiger partial charge >= 0.3 is 0 Å². The topological polar surface area (TPSA) is 124 Å². The maximum Gasteiger partial charge on any atom is 0.217 e. The summed E-state index contributed by atoms with van der Waals surface area (Å²) in [6, 6.07) is 0. The first kappa shape index (κ1) is 12.6. The molecule has 92 valence electrons. The first-order valence-corrected chi connectivity index (χ1v) is 5.22. The number of rotatable bonds is 5. The van der Waals surface area contributed by atoms with Gasteiger partial charge in [0.05, 0.1) is 0 Å². The Labute approximate surface area is 95.1 Å². The fraction of sp³-hybridized carbons (Fsp3) is 0.667. The molecule has 1 aliphatic heterocycles. The maximum absolute atomic E-state index is 5.85. The van der Waals surface area contributed by atoms with Crippen LogP contribution in [0.3, 0.4) is 0 Å². The van der Waals surface area contributed by atoms with E-state index in [0.717, 1.165) is 13.1 Å². The minimum Gasteiger partial charge on any atom is -0.476 e. The van der Waals surface area contributed by atoms with Crippen LogP contribution in [0, 0.1) is 0 Å². The molecule has 0 amide bonds. The molecule has 0 aliphatic carbocycles. The van der Waals surface area contributed by atoms with Gasteiger partial charge in [-0.1, -0.05) is 6.92 Å². The molecule has 7 heteroatoms. The van der Waals surface area contributed by atoms with Crippen LogP contribution in [0.4, 0.5) is 0 Å². The van der Waals surface area contributed by atoms with Crippen LogP contribution in [0.2, 0.25) is 0 Å². The first-order valence-electron chi connectivity index (χ1n) is 5.22. The average Bonchev–Trinajstić information content (AvgIpc) is 2.19. The third-order valence-electron chi connectivity index (χ3n) is 2.16. The van der Waals surface area contributed by atoms with E-state index >= 15 is 0 Å². The van der Waals surface area contributed by atoms with Crippen molar-refractivity contribution in [2.45, 2.75) is 19.5 Å². The second-order valence-electron chi connectivity index (χ2n) is 3.71. The van der Waals surface area contributed by atoms with Crippen LogP contribution in [-0.2, 0) is 4.74 Å². The highest BCUT2D eigenvalue weighted by Gasteiger charge is 2.30. The quantitative estimate of drug-likeness (QED) is 0.359. The van der Waals surface area contributed by atoms with Crippen molar-refractivity contribution in [1.29, 1.82) is 0 Å². The summed E-state index contributed by atoms with van der Waals surface area (Å²) < 4.78 is 5.44. The van der Waals surface area contributed by atoms with Gasteiger partial charge in [0.25, 0.3) is 0 Å². The Hall–Kier alpha value is -1.47. The molecule has 7 nitrogen and oxygen atoms in total. The summed E-state index contributed by atoms with van der Waals surface area (Å²) in [5, 5.41) is 5.88. The number of aliphatic imine (C=N–C) groups is 1. The molecule has 0 saturated heterocycles. The summed E-state index contributed by atoms with van der Waals surface area (Å²) in [6.07, 6.45) is 0. The fourth-order valence-electron chi connectivity index (χ4n) is 1.27. The van der Waals surface area contributed by atoms with Crippen LogP contribution in [-0.4, -0.2) is 31.3 Å². The highest BCUT2D eigenvalue weighted by molar-refractivity contribution is 5.81. The average molecular weight is 228 g/mol.